The molecule has 190 valence electrons. The van der Waals surface area contributed by atoms with Crippen LogP contribution in [0.5, 0.6) is 5.75 Å². The van der Waals surface area contributed by atoms with E-state index < -0.39 is 11.4 Å². The highest BCUT2D eigenvalue weighted by Crippen LogP contribution is 2.43. The maximum absolute atomic E-state index is 11.2. The van der Waals surface area contributed by atoms with Gasteiger partial charge >= 0.3 is 5.97 Å². The molecule has 2 aliphatic rings. The number of hydrogen-bond acceptors (Lipinski definition) is 7. The van der Waals surface area contributed by atoms with E-state index in [-0.39, 0.29) is 12.2 Å². The van der Waals surface area contributed by atoms with Crippen LogP contribution in [0.15, 0.2) is 48.8 Å². The van der Waals surface area contributed by atoms with Crippen LogP contribution < -0.4 is 4.90 Å². The number of para-hydroxylation sites is 1. The van der Waals surface area contributed by atoms with Gasteiger partial charge in [0.05, 0.1) is 17.6 Å². The summed E-state index contributed by atoms with van der Waals surface area (Å²) < 4.78 is 2.43. The van der Waals surface area contributed by atoms with E-state index in [1.54, 1.807) is 24.5 Å². The van der Waals surface area contributed by atoms with E-state index in [1.807, 2.05) is 32.0 Å². The molecule has 1 aliphatic heterocycles. The molecule has 0 amide bonds. The smallest absolute Gasteiger partial charge is 0.304 e. The van der Waals surface area contributed by atoms with Gasteiger partial charge in [-0.15, -0.1) is 10.2 Å². The van der Waals surface area contributed by atoms with Crippen molar-refractivity contribution in [3.05, 3.63) is 60.0 Å². The van der Waals surface area contributed by atoms with Crippen LogP contribution in [-0.2, 0) is 10.2 Å². The fourth-order valence-electron chi connectivity index (χ4n) is 5.41. The zero-order chi connectivity index (χ0) is 25.7. The summed E-state index contributed by atoms with van der Waals surface area (Å²) in [5.41, 5.74) is 4.85. The average molecular weight is 499 g/mol. The van der Waals surface area contributed by atoms with Crippen LogP contribution in [0.2, 0.25) is 0 Å². The molecule has 0 radical (unpaired) electrons. The lowest BCUT2D eigenvalue weighted by molar-refractivity contribution is -0.138. The largest absolute Gasteiger partial charge is 0.507 e. The third kappa shape index (κ3) is 4.39. The summed E-state index contributed by atoms with van der Waals surface area (Å²) in [5.74, 6) is 0.354. The Morgan fingerprint density at radius 2 is 1.84 bits per heavy atom. The number of anilines is 1. The lowest BCUT2D eigenvalue weighted by atomic mass is 9.83. The van der Waals surface area contributed by atoms with Crippen molar-refractivity contribution in [3.63, 3.8) is 0 Å². The Balaban J connectivity index is 1.27. The fourth-order valence-corrected chi connectivity index (χ4v) is 5.41. The predicted molar refractivity (Wildman–Crippen MR) is 140 cm³/mol. The van der Waals surface area contributed by atoms with Gasteiger partial charge in [-0.05, 0) is 49.1 Å². The van der Waals surface area contributed by atoms with E-state index in [0.717, 1.165) is 48.9 Å². The Morgan fingerprint density at radius 3 is 2.54 bits per heavy atom. The van der Waals surface area contributed by atoms with E-state index in [1.165, 1.54) is 5.69 Å². The Labute approximate surface area is 214 Å². The van der Waals surface area contributed by atoms with E-state index in [4.69, 9.17) is 0 Å². The number of phenolic OH excluding ortho intramolecular Hbond substituents is 1. The van der Waals surface area contributed by atoms with Crippen molar-refractivity contribution in [1.29, 1.82) is 0 Å². The molecule has 9 heteroatoms. The van der Waals surface area contributed by atoms with Crippen LogP contribution in [0.25, 0.3) is 22.3 Å². The zero-order valence-corrected chi connectivity index (χ0v) is 21.0. The van der Waals surface area contributed by atoms with Crippen LogP contribution in [0, 0.1) is 0 Å². The SMILES string of the molecule is CC(C)(CC(=O)O)c1cnc(N2CC[C@H](c3cc4nnc(-c5ccccc5O)cc4n3C3CC3)C2)nc1. The standard InChI is InChI=1S/C28H30N6O3/c1-28(2,13-26(36)37)18-14-29-27(30-15-18)33-10-9-17(16-33)23-12-22-24(34(23)19-7-8-19)11-21(31-32-22)20-5-3-4-6-25(20)35/h3-6,11-12,14-15,17,19,35H,7-10,13,16H2,1-2H3,(H,36,37)/t17-/m0/s1. The molecule has 6 rings (SSSR count). The molecule has 1 aromatic carbocycles. The summed E-state index contributed by atoms with van der Waals surface area (Å²) in [4.78, 5) is 22.6. The second kappa shape index (κ2) is 8.83. The maximum atomic E-state index is 11.2. The van der Waals surface area contributed by atoms with Crippen molar-refractivity contribution in [3.8, 4) is 17.0 Å². The molecule has 4 aromatic rings. The molecule has 0 spiro atoms. The monoisotopic (exact) mass is 498 g/mol. The molecule has 2 N–H and O–H groups in total. The van der Waals surface area contributed by atoms with Crippen LogP contribution in [0.3, 0.4) is 0 Å². The third-order valence-corrected chi connectivity index (χ3v) is 7.62. The summed E-state index contributed by atoms with van der Waals surface area (Å²) >= 11 is 0. The number of aromatic hydroxyl groups is 1. The maximum Gasteiger partial charge on any atom is 0.304 e. The van der Waals surface area contributed by atoms with Gasteiger partial charge in [-0.1, -0.05) is 26.0 Å². The number of aromatic nitrogens is 5. The number of fused-ring (bicyclic) bond motifs is 1. The van der Waals surface area contributed by atoms with Gasteiger partial charge < -0.3 is 19.7 Å². The first kappa shape index (κ1) is 23.4. The third-order valence-electron chi connectivity index (χ3n) is 7.62. The molecule has 4 heterocycles. The Morgan fingerprint density at radius 1 is 1.08 bits per heavy atom. The summed E-state index contributed by atoms with van der Waals surface area (Å²) in [6, 6.07) is 11.9. The lowest BCUT2D eigenvalue weighted by Crippen LogP contribution is -2.25. The predicted octanol–water partition coefficient (Wildman–Crippen LogP) is 4.68. The number of carbonyl (C=O) groups is 1. The summed E-state index contributed by atoms with van der Waals surface area (Å²) in [7, 11) is 0. The molecular weight excluding hydrogens is 468 g/mol. The number of nitrogens with zero attached hydrogens (tertiary/aromatic N) is 6. The first-order chi connectivity index (χ1) is 17.8. The quantitative estimate of drug-likeness (QED) is 0.377. The molecule has 1 saturated heterocycles. The van der Waals surface area contributed by atoms with Crippen molar-refractivity contribution in [2.24, 2.45) is 0 Å². The highest BCUT2D eigenvalue weighted by molar-refractivity contribution is 5.82. The number of rotatable bonds is 7. The van der Waals surface area contributed by atoms with E-state index >= 15 is 0 Å². The van der Waals surface area contributed by atoms with Crippen LogP contribution >= 0.6 is 0 Å². The van der Waals surface area contributed by atoms with Gasteiger partial charge in [0.2, 0.25) is 5.95 Å². The van der Waals surface area contributed by atoms with Crippen molar-refractivity contribution in [1.82, 2.24) is 24.7 Å². The van der Waals surface area contributed by atoms with Gasteiger partial charge in [0.15, 0.2) is 0 Å². The molecular formula is C28H30N6O3. The summed E-state index contributed by atoms with van der Waals surface area (Å²) in [6.07, 6.45) is 6.84. The minimum Gasteiger partial charge on any atom is -0.507 e. The molecule has 3 aromatic heterocycles. The first-order valence-corrected chi connectivity index (χ1v) is 12.8. The zero-order valence-electron chi connectivity index (χ0n) is 21.0. The lowest BCUT2D eigenvalue weighted by Gasteiger charge is -2.23. The van der Waals surface area contributed by atoms with Crippen LogP contribution in [-0.4, -0.2) is 54.0 Å². The normalized spacial score (nSPS) is 18.0. The van der Waals surface area contributed by atoms with E-state index in [0.29, 0.717) is 29.2 Å². The molecule has 2 fully saturated rings. The van der Waals surface area contributed by atoms with Gasteiger partial charge in [0.1, 0.15) is 11.3 Å². The fraction of sp³-hybridized carbons (Fsp3) is 0.393. The Kier molecular flexibility index (Phi) is 5.58. The first-order valence-electron chi connectivity index (χ1n) is 12.8. The summed E-state index contributed by atoms with van der Waals surface area (Å²) in [6.45, 7) is 5.45. The topological polar surface area (TPSA) is 117 Å². The van der Waals surface area contributed by atoms with Crippen LogP contribution in [0.4, 0.5) is 5.95 Å². The average Bonchev–Trinajstić information content (AvgIpc) is 3.45. The molecule has 1 aliphatic carbocycles. The number of carboxylic acids is 1. The molecule has 0 bridgehead atoms. The Bertz CT molecular complexity index is 1480. The number of aliphatic carboxylic acids is 1. The number of benzene rings is 1. The number of hydrogen-bond donors (Lipinski definition) is 2. The van der Waals surface area contributed by atoms with Gasteiger partial charge in [-0.2, -0.15) is 0 Å². The van der Waals surface area contributed by atoms with Crippen molar-refractivity contribution >= 4 is 23.0 Å². The minimum atomic E-state index is -0.833. The highest BCUT2D eigenvalue weighted by Gasteiger charge is 2.34. The van der Waals surface area contributed by atoms with Gasteiger partial charge in [0, 0.05) is 54.1 Å². The molecule has 0 unspecified atom stereocenters. The molecule has 1 atom stereocenters. The van der Waals surface area contributed by atoms with E-state index in [2.05, 4.69) is 35.7 Å². The minimum absolute atomic E-state index is 0.0295. The molecule has 1 saturated carbocycles. The molecule has 9 nitrogen and oxygen atoms in total. The van der Waals surface area contributed by atoms with Gasteiger partial charge in [-0.25, -0.2) is 9.97 Å². The highest BCUT2D eigenvalue weighted by atomic mass is 16.4. The second-order valence-electron chi connectivity index (χ2n) is 10.8. The Hall–Kier alpha value is -4.01. The molecule has 37 heavy (non-hydrogen) atoms. The summed E-state index contributed by atoms with van der Waals surface area (Å²) in [5, 5.41) is 28.5. The van der Waals surface area contributed by atoms with Crippen molar-refractivity contribution < 1.29 is 15.0 Å². The van der Waals surface area contributed by atoms with Gasteiger partial charge in [0.25, 0.3) is 0 Å². The second-order valence-corrected chi connectivity index (χ2v) is 10.8. The number of phenols is 1. The van der Waals surface area contributed by atoms with E-state index in [9.17, 15) is 15.0 Å². The van der Waals surface area contributed by atoms with Crippen molar-refractivity contribution in [2.75, 3.05) is 18.0 Å². The van der Waals surface area contributed by atoms with Crippen molar-refractivity contribution in [2.45, 2.75) is 56.9 Å². The number of carboxylic acid groups (broad SMARTS) is 1. The van der Waals surface area contributed by atoms with Gasteiger partial charge in [-0.3, -0.25) is 4.79 Å². The van der Waals surface area contributed by atoms with Crippen LogP contribution in [0.1, 0.15) is 62.7 Å².